The number of hydrogen-bond donors (Lipinski definition) is 0. The molecule has 4 heterocycles. The van der Waals surface area contributed by atoms with Gasteiger partial charge in [0.05, 0.1) is 33.4 Å². The van der Waals surface area contributed by atoms with E-state index in [1.807, 2.05) is 0 Å². The summed E-state index contributed by atoms with van der Waals surface area (Å²) in [6.07, 6.45) is 0. The highest BCUT2D eigenvalue weighted by Gasteiger charge is 2.43. The Labute approximate surface area is 219 Å². The second kappa shape index (κ2) is 7.41. The number of pyridine rings is 2. The predicted molar refractivity (Wildman–Crippen MR) is 153 cm³/mol. The van der Waals surface area contributed by atoms with Gasteiger partial charge in [0, 0.05) is 22.1 Å². The first-order valence-electron chi connectivity index (χ1n) is 13.3. The van der Waals surface area contributed by atoms with Crippen molar-refractivity contribution in [3.05, 3.63) is 76.0 Å². The van der Waals surface area contributed by atoms with Crippen LogP contribution < -0.4 is 0 Å². The molecule has 0 fully saturated rings. The van der Waals surface area contributed by atoms with Crippen molar-refractivity contribution in [2.24, 2.45) is 0 Å². The van der Waals surface area contributed by atoms with Gasteiger partial charge < -0.3 is 4.74 Å². The lowest BCUT2D eigenvalue weighted by Crippen LogP contribution is -2.22. The zero-order chi connectivity index (χ0) is 26.7. The summed E-state index contributed by atoms with van der Waals surface area (Å²) in [6.45, 7) is 21.9. The highest BCUT2D eigenvalue weighted by Crippen LogP contribution is 2.48. The molecule has 0 radical (unpaired) electrons. The first-order valence-corrected chi connectivity index (χ1v) is 13.3. The van der Waals surface area contributed by atoms with Gasteiger partial charge >= 0.3 is 0 Å². The molecule has 37 heavy (non-hydrogen) atoms. The molecule has 0 bridgehead atoms. The van der Waals surface area contributed by atoms with Crippen molar-refractivity contribution in [2.45, 2.75) is 85.9 Å². The van der Waals surface area contributed by atoms with E-state index in [0.29, 0.717) is 0 Å². The molecule has 1 aliphatic heterocycles. The molecule has 1 aliphatic rings. The number of nitrogens with zero attached hydrogens (tertiary/aromatic N) is 3. The maximum Gasteiger partial charge on any atom is 0.147 e. The van der Waals surface area contributed by atoms with E-state index in [9.17, 15) is 0 Å². The van der Waals surface area contributed by atoms with E-state index < -0.39 is 0 Å². The van der Waals surface area contributed by atoms with Crippen LogP contribution in [0.2, 0.25) is 0 Å². The number of ether oxygens (including phenoxy) is 1. The predicted octanol–water partition coefficient (Wildman–Crippen LogP) is 8.43. The minimum absolute atomic E-state index is 0.0335. The average Bonchev–Trinajstić information content (AvgIpc) is 3.22. The normalized spacial score (nSPS) is 16.7. The van der Waals surface area contributed by atoms with Crippen LogP contribution in [0, 0.1) is 20.8 Å². The van der Waals surface area contributed by atoms with E-state index >= 15 is 0 Å². The Morgan fingerprint density at radius 1 is 0.757 bits per heavy atom. The molecule has 6 rings (SSSR count). The molecule has 0 amide bonds. The molecule has 4 heteroatoms. The Balaban J connectivity index is 1.81. The number of hydrogen-bond acceptors (Lipinski definition) is 3. The summed E-state index contributed by atoms with van der Waals surface area (Å²) < 4.78 is 8.84. The molecule has 0 aliphatic carbocycles. The van der Waals surface area contributed by atoms with Crippen molar-refractivity contribution in [1.29, 1.82) is 0 Å². The van der Waals surface area contributed by atoms with Crippen LogP contribution in [-0.4, -0.2) is 14.4 Å². The monoisotopic (exact) mass is 491 g/mol. The van der Waals surface area contributed by atoms with Gasteiger partial charge in [0.1, 0.15) is 5.65 Å². The smallest absolute Gasteiger partial charge is 0.147 e. The van der Waals surface area contributed by atoms with Crippen molar-refractivity contribution in [1.82, 2.24) is 14.4 Å². The summed E-state index contributed by atoms with van der Waals surface area (Å²) in [5, 5.41) is 1.07. The van der Waals surface area contributed by atoms with Crippen molar-refractivity contribution in [3.8, 4) is 11.3 Å². The van der Waals surface area contributed by atoms with Gasteiger partial charge in [-0.1, -0.05) is 38.5 Å². The second-order valence-electron chi connectivity index (χ2n) is 13.0. The molecule has 190 valence electrons. The Bertz CT molecular complexity index is 1740. The maximum atomic E-state index is 6.49. The van der Waals surface area contributed by atoms with Crippen molar-refractivity contribution in [2.75, 3.05) is 0 Å². The number of aromatic nitrogens is 3. The van der Waals surface area contributed by atoms with Crippen LogP contribution in [0.15, 0.2) is 42.5 Å². The topological polar surface area (TPSA) is 39.4 Å². The Morgan fingerprint density at radius 3 is 2.00 bits per heavy atom. The van der Waals surface area contributed by atoms with Gasteiger partial charge in [-0.2, -0.15) is 0 Å². The molecule has 4 nitrogen and oxygen atoms in total. The van der Waals surface area contributed by atoms with Gasteiger partial charge in [-0.25, -0.2) is 4.98 Å². The highest BCUT2D eigenvalue weighted by molar-refractivity contribution is 6.00. The van der Waals surface area contributed by atoms with Crippen LogP contribution in [0.4, 0.5) is 0 Å². The molecule has 5 aromatic rings. The van der Waals surface area contributed by atoms with Crippen LogP contribution in [0.5, 0.6) is 0 Å². The van der Waals surface area contributed by atoms with E-state index in [2.05, 4.69) is 116 Å². The van der Waals surface area contributed by atoms with Gasteiger partial charge in [0.2, 0.25) is 0 Å². The molecule has 0 saturated heterocycles. The number of aryl methyl sites for hydroxylation is 3. The minimum atomic E-state index is -0.368. The van der Waals surface area contributed by atoms with Gasteiger partial charge in [-0.05, 0) is 101 Å². The van der Waals surface area contributed by atoms with Gasteiger partial charge in [-0.3, -0.25) is 9.38 Å². The van der Waals surface area contributed by atoms with E-state index in [-0.39, 0.29) is 16.6 Å². The Hall–Kier alpha value is -3.24. The van der Waals surface area contributed by atoms with E-state index in [4.69, 9.17) is 14.7 Å². The van der Waals surface area contributed by atoms with Crippen molar-refractivity contribution >= 4 is 27.6 Å². The highest BCUT2D eigenvalue weighted by atomic mass is 16.5. The molecule has 0 spiro atoms. The molecular weight excluding hydrogens is 454 g/mol. The Morgan fingerprint density at radius 2 is 1.38 bits per heavy atom. The SMILES string of the molecule is Cc1cc(C)c(-c2cc3nc(C(C)(C)C)ccc3c3nc4cc5c(cc4n23)C(C)(C)OC5(C)C)c(C)c1. The molecule has 3 aromatic heterocycles. The van der Waals surface area contributed by atoms with E-state index in [1.165, 1.54) is 33.4 Å². The fourth-order valence-electron chi connectivity index (χ4n) is 6.45. The molecule has 2 aromatic carbocycles. The lowest BCUT2D eigenvalue weighted by atomic mass is 9.90. The molecule has 0 N–H and O–H groups in total. The molecular formula is C33H37N3O. The first kappa shape index (κ1) is 24.1. The minimum Gasteiger partial charge on any atom is -0.360 e. The second-order valence-corrected chi connectivity index (χ2v) is 13.0. The third-order valence-corrected chi connectivity index (χ3v) is 7.98. The number of benzene rings is 2. The van der Waals surface area contributed by atoms with Crippen LogP contribution in [0.25, 0.3) is 38.8 Å². The number of fused-ring (bicyclic) bond motifs is 6. The van der Waals surface area contributed by atoms with Gasteiger partial charge in [0.25, 0.3) is 0 Å². The standard InChI is InChI=1S/C33H37N3O/c1-18-13-19(2)29(20(3)14-18)27-17-24-21(11-12-28(34-24)31(4,5)6)30-35-25-15-22-23(16-26(25)36(27)30)33(9,10)37-32(22,7)8/h11-17H,1-10H3. The molecule has 0 atom stereocenters. The average molecular weight is 492 g/mol. The summed E-state index contributed by atoms with van der Waals surface area (Å²) in [4.78, 5) is 10.4. The van der Waals surface area contributed by atoms with Crippen LogP contribution in [-0.2, 0) is 21.4 Å². The van der Waals surface area contributed by atoms with Crippen molar-refractivity contribution < 1.29 is 4.74 Å². The Kier molecular flexibility index (Phi) is 4.83. The lowest BCUT2D eigenvalue weighted by molar-refractivity contribution is -0.105. The quantitative estimate of drug-likeness (QED) is 0.236. The lowest BCUT2D eigenvalue weighted by Gasteiger charge is -2.24. The largest absolute Gasteiger partial charge is 0.360 e. The fraction of sp³-hybridized carbons (Fsp3) is 0.394. The zero-order valence-electron chi connectivity index (χ0n) is 23.8. The number of imidazole rings is 1. The van der Waals surface area contributed by atoms with Gasteiger partial charge in [-0.15, -0.1) is 0 Å². The van der Waals surface area contributed by atoms with Crippen LogP contribution in [0.3, 0.4) is 0 Å². The van der Waals surface area contributed by atoms with Crippen LogP contribution in [0.1, 0.15) is 82.0 Å². The van der Waals surface area contributed by atoms with E-state index in [0.717, 1.165) is 39.0 Å². The molecule has 0 unspecified atom stereocenters. The summed E-state index contributed by atoms with van der Waals surface area (Å²) >= 11 is 0. The van der Waals surface area contributed by atoms with Crippen molar-refractivity contribution in [3.63, 3.8) is 0 Å². The maximum absolute atomic E-state index is 6.49. The van der Waals surface area contributed by atoms with Crippen LogP contribution >= 0.6 is 0 Å². The van der Waals surface area contributed by atoms with E-state index in [1.54, 1.807) is 0 Å². The number of rotatable bonds is 1. The summed E-state index contributed by atoms with van der Waals surface area (Å²) in [5.41, 5.74) is 13.0. The molecule has 0 saturated carbocycles. The third-order valence-electron chi connectivity index (χ3n) is 7.98. The van der Waals surface area contributed by atoms with Gasteiger partial charge in [0.15, 0.2) is 0 Å². The first-order chi connectivity index (χ1) is 17.2. The zero-order valence-corrected chi connectivity index (χ0v) is 23.8. The summed E-state index contributed by atoms with van der Waals surface area (Å²) in [6, 6.07) is 15.7. The summed E-state index contributed by atoms with van der Waals surface area (Å²) in [5.74, 6) is 0. The fourth-order valence-corrected chi connectivity index (χ4v) is 6.45. The summed E-state index contributed by atoms with van der Waals surface area (Å²) in [7, 11) is 0. The third kappa shape index (κ3) is 3.53.